The van der Waals surface area contributed by atoms with Crippen LogP contribution < -0.4 is 0 Å². The van der Waals surface area contributed by atoms with E-state index in [-0.39, 0.29) is 10.8 Å². The van der Waals surface area contributed by atoms with Gasteiger partial charge >= 0.3 is 0 Å². The fourth-order valence-corrected chi connectivity index (χ4v) is 8.50. The molecule has 0 amide bonds. The van der Waals surface area contributed by atoms with Crippen LogP contribution in [0.3, 0.4) is 0 Å². The predicted octanol–water partition coefficient (Wildman–Crippen LogP) is 9.93. The van der Waals surface area contributed by atoms with Gasteiger partial charge in [0.05, 0.1) is 16.7 Å². The summed E-state index contributed by atoms with van der Waals surface area (Å²) >= 11 is 0. The number of rotatable bonds is 1. The largest absolute Gasteiger partial charge is 0.309 e. The smallest absolute Gasteiger partial charge is 0.0582 e. The Morgan fingerprint density at radius 2 is 1.26 bits per heavy atom. The highest BCUT2D eigenvalue weighted by Gasteiger charge is 2.45. The fraction of sp³-hybridized carbons (Fsp3) is 0.211. The number of fused-ring (bicyclic) bond motifs is 10. The van der Waals surface area contributed by atoms with E-state index in [1.807, 2.05) is 0 Å². The van der Waals surface area contributed by atoms with Crippen LogP contribution >= 0.6 is 0 Å². The van der Waals surface area contributed by atoms with Crippen LogP contribution in [-0.2, 0) is 10.8 Å². The number of para-hydroxylation sites is 2. The van der Waals surface area contributed by atoms with Crippen molar-refractivity contribution in [2.45, 2.75) is 50.4 Å². The lowest BCUT2D eigenvalue weighted by Crippen LogP contribution is -2.26. The molecule has 1 heteroatoms. The molecule has 0 saturated heterocycles. The van der Waals surface area contributed by atoms with E-state index in [1.165, 1.54) is 86.6 Å². The molecular weight excluding hydrogens is 470 g/mol. The summed E-state index contributed by atoms with van der Waals surface area (Å²) in [6, 6.07) is 39.4. The van der Waals surface area contributed by atoms with Gasteiger partial charge in [-0.1, -0.05) is 106 Å². The van der Waals surface area contributed by atoms with Gasteiger partial charge in [0.1, 0.15) is 0 Å². The van der Waals surface area contributed by atoms with Crippen molar-refractivity contribution >= 4 is 21.8 Å². The maximum absolute atomic E-state index is 2.53. The van der Waals surface area contributed by atoms with E-state index in [0.717, 1.165) is 0 Å². The monoisotopic (exact) mass is 501 g/mol. The van der Waals surface area contributed by atoms with E-state index in [0.29, 0.717) is 0 Å². The summed E-state index contributed by atoms with van der Waals surface area (Å²) in [5.41, 5.74) is 15.6. The Morgan fingerprint density at radius 1 is 0.564 bits per heavy atom. The van der Waals surface area contributed by atoms with Crippen molar-refractivity contribution in [3.8, 4) is 27.9 Å². The van der Waals surface area contributed by atoms with E-state index in [4.69, 9.17) is 0 Å². The molecule has 2 heterocycles. The summed E-state index contributed by atoms with van der Waals surface area (Å²) in [6.45, 7) is 4.74. The second-order valence-corrected chi connectivity index (χ2v) is 12.5. The molecule has 0 atom stereocenters. The third kappa shape index (κ3) is 2.61. The molecule has 3 aliphatic rings. The summed E-state index contributed by atoms with van der Waals surface area (Å²) in [5.74, 6) is 0. The van der Waals surface area contributed by atoms with Crippen LogP contribution in [0.5, 0.6) is 0 Å². The number of benzene rings is 5. The zero-order valence-electron chi connectivity index (χ0n) is 22.6. The fourth-order valence-electron chi connectivity index (χ4n) is 8.50. The van der Waals surface area contributed by atoms with E-state index < -0.39 is 0 Å². The van der Waals surface area contributed by atoms with Gasteiger partial charge in [0, 0.05) is 21.6 Å². The van der Waals surface area contributed by atoms with Crippen LogP contribution in [0.2, 0.25) is 0 Å². The van der Waals surface area contributed by atoms with Gasteiger partial charge in [0.25, 0.3) is 0 Å². The Labute approximate surface area is 229 Å². The molecule has 39 heavy (non-hydrogen) atoms. The molecule has 1 fully saturated rings. The Kier molecular flexibility index (Phi) is 4.08. The molecule has 1 aliphatic heterocycles. The predicted molar refractivity (Wildman–Crippen MR) is 163 cm³/mol. The lowest BCUT2D eigenvalue weighted by molar-refractivity contribution is 0.550. The summed E-state index contributed by atoms with van der Waals surface area (Å²) in [6.07, 6.45) is 5.18. The molecule has 188 valence electrons. The van der Waals surface area contributed by atoms with E-state index in [9.17, 15) is 0 Å². The molecule has 0 N–H and O–H groups in total. The van der Waals surface area contributed by atoms with Gasteiger partial charge in [-0.2, -0.15) is 0 Å². The summed E-state index contributed by atoms with van der Waals surface area (Å²) in [5, 5.41) is 2.70. The zero-order chi connectivity index (χ0) is 25.9. The van der Waals surface area contributed by atoms with Crippen LogP contribution in [0.15, 0.2) is 103 Å². The Morgan fingerprint density at radius 3 is 2.13 bits per heavy atom. The number of hydrogen-bond acceptors (Lipinski definition) is 0. The Balaban J connectivity index is 1.28. The topological polar surface area (TPSA) is 4.93 Å². The van der Waals surface area contributed by atoms with Crippen molar-refractivity contribution in [3.05, 3.63) is 125 Å². The van der Waals surface area contributed by atoms with Crippen LogP contribution in [0.1, 0.15) is 61.8 Å². The number of nitrogens with zero attached hydrogens (tertiary/aromatic N) is 1. The first kappa shape index (κ1) is 21.8. The minimum Gasteiger partial charge on any atom is -0.309 e. The highest BCUT2D eigenvalue weighted by Crippen LogP contribution is 2.57. The highest BCUT2D eigenvalue weighted by atomic mass is 15.0. The molecule has 0 bridgehead atoms. The molecule has 2 aliphatic carbocycles. The minimum atomic E-state index is -0.0338. The standard InChI is InChI=1S/C38H31N/c1-37(2)31-13-5-6-15-35(31)39-34-19-17-24(22-29(34)28-11-9-14-32(37)36(28)39)25-16-18-27-26-10-3-4-12-30(26)38(33(27)23-25)20-7-8-21-38/h3-6,9-19,22-23H,7-8,20-21H2,1-2H3. The van der Waals surface area contributed by atoms with Crippen molar-refractivity contribution in [2.24, 2.45) is 0 Å². The van der Waals surface area contributed by atoms with Crippen LogP contribution in [0.4, 0.5) is 0 Å². The molecule has 9 rings (SSSR count). The van der Waals surface area contributed by atoms with Crippen molar-refractivity contribution in [1.29, 1.82) is 0 Å². The lowest BCUT2D eigenvalue weighted by Gasteiger charge is -2.34. The SMILES string of the molecule is CC1(C)c2ccccc2-n2c3ccc(-c4ccc5c(c4)C4(CCCC4)c4ccccc4-5)cc3c3cccc1c32. The molecule has 0 radical (unpaired) electrons. The van der Waals surface area contributed by atoms with Gasteiger partial charge in [-0.3, -0.25) is 0 Å². The van der Waals surface area contributed by atoms with Gasteiger partial charge in [-0.15, -0.1) is 0 Å². The summed E-state index contributed by atoms with van der Waals surface area (Å²) in [4.78, 5) is 0. The first-order valence-corrected chi connectivity index (χ1v) is 14.5. The second kappa shape index (κ2) is 7.30. The molecule has 6 aromatic rings. The average Bonchev–Trinajstić information content (AvgIpc) is 3.67. The third-order valence-electron chi connectivity index (χ3n) is 10.3. The first-order valence-electron chi connectivity index (χ1n) is 14.5. The quantitative estimate of drug-likeness (QED) is 0.211. The van der Waals surface area contributed by atoms with Crippen molar-refractivity contribution < 1.29 is 0 Å². The molecule has 0 unspecified atom stereocenters. The Bertz CT molecular complexity index is 1990. The highest BCUT2D eigenvalue weighted by molar-refractivity contribution is 6.12. The van der Waals surface area contributed by atoms with Crippen molar-refractivity contribution in [3.63, 3.8) is 0 Å². The summed E-state index contributed by atoms with van der Waals surface area (Å²) in [7, 11) is 0. The van der Waals surface area contributed by atoms with Crippen LogP contribution in [0, 0.1) is 0 Å². The van der Waals surface area contributed by atoms with Crippen molar-refractivity contribution in [2.75, 3.05) is 0 Å². The summed E-state index contributed by atoms with van der Waals surface area (Å²) < 4.78 is 2.51. The third-order valence-corrected chi connectivity index (χ3v) is 10.3. The normalized spacial score (nSPS) is 17.5. The van der Waals surface area contributed by atoms with Crippen molar-refractivity contribution in [1.82, 2.24) is 4.57 Å². The Hall–Kier alpha value is -4.10. The maximum atomic E-state index is 2.53. The molecule has 1 saturated carbocycles. The maximum Gasteiger partial charge on any atom is 0.0582 e. The van der Waals surface area contributed by atoms with Gasteiger partial charge < -0.3 is 4.57 Å². The molecular formula is C38H31N. The first-order chi connectivity index (χ1) is 19.1. The van der Waals surface area contributed by atoms with E-state index in [1.54, 1.807) is 11.1 Å². The second-order valence-electron chi connectivity index (χ2n) is 12.5. The van der Waals surface area contributed by atoms with E-state index >= 15 is 0 Å². The number of aromatic nitrogens is 1. The molecule has 5 aromatic carbocycles. The van der Waals surface area contributed by atoms with Crippen LogP contribution in [0.25, 0.3) is 49.7 Å². The van der Waals surface area contributed by atoms with Crippen LogP contribution in [-0.4, -0.2) is 4.57 Å². The van der Waals surface area contributed by atoms with Gasteiger partial charge in [-0.25, -0.2) is 0 Å². The lowest BCUT2D eigenvalue weighted by atomic mass is 9.75. The molecule has 1 spiro atoms. The molecule has 1 aromatic heterocycles. The zero-order valence-corrected chi connectivity index (χ0v) is 22.6. The molecule has 1 nitrogen and oxygen atoms in total. The number of hydrogen-bond donors (Lipinski definition) is 0. The van der Waals surface area contributed by atoms with Gasteiger partial charge in [0.2, 0.25) is 0 Å². The van der Waals surface area contributed by atoms with E-state index in [2.05, 4.69) is 122 Å². The van der Waals surface area contributed by atoms with Gasteiger partial charge in [0.15, 0.2) is 0 Å². The van der Waals surface area contributed by atoms with Gasteiger partial charge in [-0.05, 0) is 81.6 Å². The average molecular weight is 502 g/mol. The minimum absolute atomic E-state index is 0.0338.